The third-order valence-electron chi connectivity index (χ3n) is 5.19. The molecule has 1 fully saturated rings. The second-order valence-electron chi connectivity index (χ2n) is 7.16. The second-order valence-corrected chi connectivity index (χ2v) is 9.49. The number of sulfonamides is 1. The maximum absolute atomic E-state index is 13.0. The number of carbonyl (C=O) groups is 1. The third kappa shape index (κ3) is 4.26. The highest BCUT2D eigenvalue weighted by Gasteiger charge is 2.39. The van der Waals surface area contributed by atoms with E-state index in [1.54, 1.807) is 0 Å². The van der Waals surface area contributed by atoms with Crippen molar-refractivity contribution in [3.63, 3.8) is 0 Å². The van der Waals surface area contributed by atoms with E-state index in [-0.39, 0.29) is 10.8 Å². The van der Waals surface area contributed by atoms with Crippen molar-refractivity contribution < 1.29 is 13.2 Å². The van der Waals surface area contributed by atoms with Crippen LogP contribution >= 0.6 is 11.6 Å². The zero-order valence-corrected chi connectivity index (χ0v) is 17.7. The third-order valence-corrected chi connectivity index (χ3v) is 7.36. The molecule has 0 spiro atoms. The normalized spacial score (nSPS) is 17.0. The molecular weight excluding hydrogens is 420 g/mol. The van der Waals surface area contributed by atoms with Gasteiger partial charge in [-0.1, -0.05) is 54.1 Å². The molecule has 0 saturated carbocycles. The molecule has 3 aromatic carbocycles. The van der Waals surface area contributed by atoms with Crippen molar-refractivity contribution in [3.05, 3.63) is 83.9 Å². The Labute approximate surface area is 181 Å². The second kappa shape index (κ2) is 8.60. The van der Waals surface area contributed by atoms with Crippen LogP contribution in [0.15, 0.2) is 83.8 Å². The van der Waals surface area contributed by atoms with Crippen molar-refractivity contribution in [1.82, 2.24) is 4.31 Å². The van der Waals surface area contributed by atoms with Crippen LogP contribution in [0.25, 0.3) is 11.1 Å². The van der Waals surface area contributed by atoms with Gasteiger partial charge >= 0.3 is 0 Å². The van der Waals surface area contributed by atoms with Gasteiger partial charge in [-0.15, -0.1) is 0 Å². The van der Waals surface area contributed by atoms with E-state index in [2.05, 4.69) is 5.32 Å². The highest BCUT2D eigenvalue weighted by Crippen LogP contribution is 2.28. The fraction of sp³-hybridized carbons (Fsp3) is 0.174. The van der Waals surface area contributed by atoms with E-state index in [9.17, 15) is 13.2 Å². The quantitative estimate of drug-likeness (QED) is 0.619. The smallest absolute Gasteiger partial charge is 0.243 e. The molecule has 1 aliphatic rings. The summed E-state index contributed by atoms with van der Waals surface area (Å²) < 4.78 is 27.3. The zero-order valence-electron chi connectivity index (χ0n) is 16.2. The number of halogens is 1. The fourth-order valence-corrected chi connectivity index (χ4v) is 5.42. The summed E-state index contributed by atoms with van der Waals surface area (Å²) in [6, 6.07) is 22.7. The number of benzene rings is 3. The Kier molecular flexibility index (Phi) is 5.90. The molecule has 1 heterocycles. The van der Waals surface area contributed by atoms with E-state index in [1.807, 2.05) is 54.6 Å². The molecule has 0 unspecified atom stereocenters. The van der Waals surface area contributed by atoms with Crippen LogP contribution in [-0.2, 0) is 14.8 Å². The minimum atomic E-state index is -3.77. The summed E-state index contributed by atoms with van der Waals surface area (Å²) in [7, 11) is -3.77. The first-order chi connectivity index (χ1) is 14.4. The summed E-state index contributed by atoms with van der Waals surface area (Å²) in [4.78, 5) is 13.0. The number of nitrogens with one attached hydrogen (secondary N) is 1. The number of nitrogens with zero attached hydrogens (tertiary/aromatic N) is 1. The fourth-order valence-electron chi connectivity index (χ4n) is 3.63. The highest BCUT2D eigenvalue weighted by molar-refractivity contribution is 7.89. The van der Waals surface area contributed by atoms with E-state index in [1.165, 1.54) is 28.6 Å². The van der Waals surface area contributed by atoms with E-state index in [4.69, 9.17) is 11.6 Å². The average molecular weight is 441 g/mol. The van der Waals surface area contributed by atoms with Crippen molar-refractivity contribution in [1.29, 1.82) is 0 Å². The van der Waals surface area contributed by atoms with E-state index in [0.717, 1.165) is 11.1 Å². The maximum atomic E-state index is 13.0. The van der Waals surface area contributed by atoms with Crippen molar-refractivity contribution in [3.8, 4) is 11.1 Å². The van der Waals surface area contributed by atoms with Crippen LogP contribution in [0.5, 0.6) is 0 Å². The van der Waals surface area contributed by atoms with Gasteiger partial charge in [-0.3, -0.25) is 4.79 Å². The molecule has 1 saturated heterocycles. The summed E-state index contributed by atoms with van der Waals surface area (Å²) in [6.07, 6.45) is 1.12. The zero-order chi connectivity index (χ0) is 21.1. The number of hydrogen-bond acceptors (Lipinski definition) is 3. The summed E-state index contributed by atoms with van der Waals surface area (Å²) in [5.41, 5.74) is 2.77. The van der Waals surface area contributed by atoms with Gasteiger partial charge in [0.1, 0.15) is 6.04 Å². The van der Waals surface area contributed by atoms with Gasteiger partial charge in [0.25, 0.3) is 0 Å². The summed E-state index contributed by atoms with van der Waals surface area (Å²) in [5.74, 6) is -0.322. The number of amides is 1. The van der Waals surface area contributed by atoms with Gasteiger partial charge in [-0.25, -0.2) is 8.42 Å². The Morgan fingerprint density at radius 3 is 2.20 bits per heavy atom. The first-order valence-corrected chi connectivity index (χ1v) is 11.5. The van der Waals surface area contributed by atoms with Crippen LogP contribution in [-0.4, -0.2) is 31.2 Å². The largest absolute Gasteiger partial charge is 0.325 e. The predicted octanol–water partition coefficient (Wildman–Crippen LogP) is 4.80. The van der Waals surface area contributed by atoms with Gasteiger partial charge < -0.3 is 5.32 Å². The minimum Gasteiger partial charge on any atom is -0.325 e. The lowest BCUT2D eigenvalue weighted by Gasteiger charge is -2.23. The number of rotatable bonds is 5. The van der Waals surface area contributed by atoms with Crippen LogP contribution in [0.2, 0.25) is 5.02 Å². The van der Waals surface area contributed by atoms with Crippen molar-refractivity contribution in [2.45, 2.75) is 23.8 Å². The molecule has 154 valence electrons. The molecule has 5 nitrogen and oxygen atoms in total. The monoisotopic (exact) mass is 440 g/mol. The van der Waals surface area contributed by atoms with Crippen LogP contribution in [0.4, 0.5) is 5.69 Å². The summed E-state index contributed by atoms with van der Waals surface area (Å²) in [5, 5.41) is 3.32. The Morgan fingerprint density at radius 2 is 1.53 bits per heavy atom. The van der Waals surface area contributed by atoms with Gasteiger partial charge in [-0.2, -0.15) is 4.31 Å². The lowest BCUT2D eigenvalue weighted by Crippen LogP contribution is -2.43. The molecule has 4 rings (SSSR count). The van der Waals surface area contributed by atoms with Crippen LogP contribution in [0.1, 0.15) is 12.8 Å². The van der Waals surface area contributed by atoms with Crippen LogP contribution in [0, 0.1) is 0 Å². The molecule has 30 heavy (non-hydrogen) atoms. The van der Waals surface area contributed by atoms with Gasteiger partial charge in [0.15, 0.2) is 0 Å². The van der Waals surface area contributed by atoms with Crippen molar-refractivity contribution in [2.75, 3.05) is 11.9 Å². The summed E-state index contributed by atoms with van der Waals surface area (Å²) in [6.45, 7) is 0.315. The van der Waals surface area contributed by atoms with Crippen LogP contribution < -0.4 is 5.32 Å². The standard InChI is InChI=1S/C23H21ClN2O3S/c24-19-10-14-21(15-11-19)30(28,29)26-16-4-7-22(26)23(27)25-20-12-8-18(9-13-20)17-5-2-1-3-6-17/h1-3,5-6,8-15,22H,4,7,16H2,(H,25,27)/t22-/m0/s1. The van der Waals surface area contributed by atoms with E-state index >= 15 is 0 Å². The molecule has 0 radical (unpaired) electrons. The molecule has 1 amide bonds. The lowest BCUT2D eigenvalue weighted by atomic mass is 10.1. The number of anilines is 1. The molecule has 7 heteroatoms. The first kappa shape index (κ1) is 20.6. The number of hydrogen-bond donors (Lipinski definition) is 1. The SMILES string of the molecule is O=C(Nc1ccc(-c2ccccc2)cc1)[C@@H]1CCCN1S(=O)(=O)c1ccc(Cl)cc1. The molecule has 1 atom stereocenters. The summed E-state index contributed by atoms with van der Waals surface area (Å²) >= 11 is 5.87. The molecule has 0 aromatic heterocycles. The Balaban J connectivity index is 1.49. The van der Waals surface area contributed by atoms with Gasteiger partial charge in [0.05, 0.1) is 4.90 Å². The molecule has 1 aliphatic heterocycles. The minimum absolute atomic E-state index is 0.138. The average Bonchev–Trinajstić information content (AvgIpc) is 3.26. The molecular formula is C23H21ClN2O3S. The van der Waals surface area contributed by atoms with Crippen molar-refractivity contribution in [2.24, 2.45) is 0 Å². The van der Waals surface area contributed by atoms with Gasteiger partial charge in [0, 0.05) is 17.3 Å². The van der Waals surface area contributed by atoms with Gasteiger partial charge in [-0.05, 0) is 60.4 Å². The molecule has 0 aliphatic carbocycles. The van der Waals surface area contributed by atoms with E-state index < -0.39 is 16.1 Å². The molecule has 0 bridgehead atoms. The molecule has 3 aromatic rings. The Hall–Kier alpha value is -2.67. The Bertz CT molecular complexity index is 1130. The van der Waals surface area contributed by atoms with Gasteiger partial charge in [0.2, 0.25) is 15.9 Å². The lowest BCUT2D eigenvalue weighted by molar-refractivity contribution is -0.119. The Morgan fingerprint density at radius 1 is 0.900 bits per heavy atom. The van der Waals surface area contributed by atoms with Crippen LogP contribution in [0.3, 0.4) is 0 Å². The first-order valence-electron chi connectivity index (χ1n) is 9.69. The topological polar surface area (TPSA) is 66.5 Å². The molecule has 1 N–H and O–H groups in total. The number of carbonyl (C=O) groups excluding carboxylic acids is 1. The predicted molar refractivity (Wildman–Crippen MR) is 119 cm³/mol. The maximum Gasteiger partial charge on any atom is 0.243 e. The highest BCUT2D eigenvalue weighted by atomic mass is 35.5. The van der Waals surface area contributed by atoms with E-state index in [0.29, 0.717) is 30.1 Å². The van der Waals surface area contributed by atoms with Crippen molar-refractivity contribution >= 4 is 33.2 Å².